The lowest BCUT2D eigenvalue weighted by molar-refractivity contribution is 0.302. The van der Waals surface area contributed by atoms with E-state index in [1.807, 2.05) is 24.3 Å². The molecular formula is C16H27NO2. The molecule has 0 radical (unpaired) electrons. The average molecular weight is 265 g/mol. The second-order valence-electron chi connectivity index (χ2n) is 4.69. The maximum Gasteiger partial charge on any atom is 0.122 e. The van der Waals surface area contributed by atoms with E-state index in [9.17, 15) is 0 Å². The fraction of sp³-hybridized carbons (Fsp3) is 0.625. The molecule has 0 aliphatic carbocycles. The third kappa shape index (κ3) is 7.73. The summed E-state index contributed by atoms with van der Waals surface area (Å²) < 4.78 is 10.9. The van der Waals surface area contributed by atoms with Crippen molar-refractivity contribution >= 4 is 0 Å². The van der Waals surface area contributed by atoms with Crippen molar-refractivity contribution < 1.29 is 9.47 Å². The van der Waals surface area contributed by atoms with E-state index in [2.05, 4.69) is 12.2 Å². The van der Waals surface area contributed by atoms with Crippen molar-refractivity contribution in [1.82, 2.24) is 5.32 Å². The quantitative estimate of drug-likeness (QED) is 0.620. The summed E-state index contributed by atoms with van der Waals surface area (Å²) >= 11 is 0. The minimum Gasteiger partial charge on any atom is -0.497 e. The molecular weight excluding hydrogens is 238 g/mol. The number of ether oxygens (including phenoxy) is 2. The molecule has 108 valence electrons. The van der Waals surface area contributed by atoms with E-state index in [1.54, 1.807) is 7.11 Å². The molecule has 0 saturated carbocycles. The summed E-state index contributed by atoms with van der Waals surface area (Å²) in [6, 6.07) is 7.77. The molecule has 3 nitrogen and oxygen atoms in total. The van der Waals surface area contributed by atoms with Crippen LogP contribution in [0.25, 0.3) is 0 Å². The molecule has 0 unspecified atom stereocenters. The van der Waals surface area contributed by atoms with E-state index in [1.165, 1.54) is 25.7 Å². The number of unbranched alkanes of at least 4 members (excludes halogenated alkanes) is 3. The van der Waals surface area contributed by atoms with Crippen molar-refractivity contribution in [2.75, 3.05) is 26.8 Å². The maximum atomic E-state index is 5.70. The first-order chi connectivity index (χ1) is 9.36. The first-order valence-corrected chi connectivity index (χ1v) is 7.34. The highest BCUT2D eigenvalue weighted by Gasteiger charge is 1.96. The van der Waals surface area contributed by atoms with Gasteiger partial charge in [0.1, 0.15) is 11.5 Å². The molecule has 0 heterocycles. The van der Waals surface area contributed by atoms with Crippen LogP contribution in [-0.2, 0) is 0 Å². The van der Waals surface area contributed by atoms with Crippen LogP contribution < -0.4 is 14.8 Å². The van der Waals surface area contributed by atoms with Gasteiger partial charge in [-0.05, 0) is 44.5 Å². The zero-order chi connectivity index (χ0) is 13.8. The minimum atomic E-state index is 0.787. The van der Waals surface area contributed by atoms with Crippen LogP contribution in [0.1, 0.15) is 39.0 Å². The van der Waals surface area contributed by atoms with Crippen molar-refractivity contribution in [1.29, 1.82) is 0 Å². The molecule has 3 heteroatoms. The molecule has 1 aromatic carbocycles. The van der Waals surface area contributed by atoms with Gasteiger partial charge in [-0.2, -0.15) is 0 Å². The Morgan fingerprint density at radius 3 is 2.58 bits per heavy atom. The third-order valence-corrected chi connectivity index (χ3v) is 2.98. The van der Waals surface area contributed by atoms with E-state index >= 15 is 0 Å². The van der Waals surface area contributed by atoms with E-state index in [-0.39, 0.29) is 0 Å². The van der Waals surface area contributed by atoms with Crippen LogP contribution in [-0.4, -0.2) is 26.8 Å². The van der Waals surface area contributed by atoms with Crippen molar-refractivity contribution in [2.24, 2.45) is 0 Å². The van der Waals surface area contributed by atoms with Crippen LogP contribution in [0.4, 0.5) is 0 Å². The Balaban J connectivity index is 1.98. The Kier molecular flexibility index (Phi) is 8.90. The molecule has 0 amide bonds. The molecule has 0 aliphatic rings. The number of benzene rings is 1. The Labute approximate surface area is 117 Å². The monoisotopic (exact) mass is 265 g/mol. The van der Waals surface area contributed by atoms with Crippen LogP contribution in [0.5, 0.6) is 11.5 Å². The Hall–Kier alpha value is -1.22. The lowest BCUT2D eigenvalue weighted by Crippen LogP contribution is -2.15. The lowest BCUT2D eigenvalue weighted by atomic mass is 10.2. The van der Waals surface area contributed by atoms with Gasteiger partial charge in [0.2, 0.25) is 0 Å². The molecule has 0 fully saturated rings. The van der Waals surface area contributed by atoms with Crippen LogP contribution in [0.15, 0.2) is 24.3 Å². The highest BCUT2D eigenvalue weighted by atomic mass is 16.5. The smallest absolute Gasteiger partial charge is 0.122 e. The molecule has 19 heavy (non-hydrogen) atoms. The van der Waals surface area contributed by atoms with Gasteiger partial charge in [0, 0.05) is 6.07 Å². The van der Waals surface area contributed by atoms with Gasteiger partial charge >= 0.3 is 0 Å². The Morgan fingerprint density at radius 2 is 1.79 bits per heavy atom. The Bertz CT molecular complexity index is 328. The van der Waals surface area contributed by atoms with Crippen molar-refractivity contribution in [3.05, 3.63) is 24.3 Å². The zero-order valence-corrected chi connectivity index (χ0v) is 12.3. The number of hydrogen-bond acceptors (Lipinski definition) is 3. The average Bonchev–Trinajstić information content (AvgIpc) is 2.46. The topological polar surface area (TPSA) is 30.5 Å². The molecule has 0 aliphatic heterocycles. The van der Waals surface area contributed by atoms with Crippen LogP contribution in [0, 0.1) is 0 Å². The van der Waals surface area contributed by atoms with Crippen molar-refractivity contribution in [2.45, 2.75) is 39.0 Å². The summed E-state index contributed by atoms with van der Waals surface area (Å²) in [6.45, 7) is 5.27. The van der Waals surface area contributed by atoms with Gasteiger partial charge in [-0.25, -0.2) is 0 Å². The maximum absolute atomic E-state index is 5.70. The van der Waals surface area contributed by atoms with Crippen LogP contribution >= 0.6 is 0 Å². The SMILES string of the molecule is CCCNCCCCCCOc1cccc(OC)c1. The summed E-state index contributed by atoms with van der Waals surface area (Å²) in [5.74, 6) is 1.74. The summed E-state index contributed by atoms with van der Waals surface area (Å²) in [4.78, 5) is 0. The molecule has 0 atom stereocenters. The minimum absolute atomic E-state index is 0.787. The van der Waals surface area contributed by atoms with Gasteiger partial charge < -0.3 is 14.8 Å². The predicted molar refractivity (Wildman–Crippen MR) is 80.1 cm³/mol. The normalized spacial score (nSPS) is 10.4. The summed E-state index contributed by atoms with van der Waals surface area (Å²) in [5, 5.41) is 3.42. The predicted octanol–water partition coefficient (Wildman–Crippen LogP) is 3.63. The van der Waals surface area contributed by atoms with E-state index in [4.69, 9.17) is 9.47 Å². The highest BCUT2D eigenvalue weighted by molar-refractivity contribution is 5.32. The first kappa shape index (κ1) is 15.8. The summed E-state index contributed by atoms with van der Waals surface area (Å²) in [7, 11) is 1.67. The van der Waals surface area contributed by atoms with Gasteiger partial charge in [-0.1, -0.05) is 25.8 Å². The van der Waals surface area contributed by atoms with Gasteiger partial charge in [0.25, 0.3) is 0 Å². The fourth-order valence-corrected chi connectivity index (χ4v) is 1.89. The second-order valence-corrected chi connectivity index (χ2v) is 4.69. The summed E-state index contributed by atoms with van der Waals surface area (Å²) in [5.41, 5.74) is 0. The van der Waals surface area contributed by atoms with E-state index < -0.39 is 0 Å². The van der Waals surface area contributed by atoms with Crippen molar-refractivity contribution in [3.63, 3.8) is 0 Å². The lowest BCUT2D eigenvalue weighted by Gasteiger charge is -2.07. The van der Waals surface area contributed by atoms with Gasteiger partial charge in [-0.3, -0.25) is 0 Å². The van der Waals surface area contributed by atoms with Gasteiger partial charge in [0.15, 0.2) is 0 Å². The van der Waals surface area contributed by atoms with Gasteiger partial charge in [0.05, 0.1) is 13.7 Å². The zero-order valence-electron chi connectivity index (χ0n) is 12.3. The summed E-state index contributed by atoms with van der Waals surface area (Å²) in [6.07, 6.45) is 6.11. The molecule has 0 bridgehead atoms. The molecule has 1 rings (SSSR count). The number of rotatable bonds is 11. The second kappa shape index (κ2) is 10.7. The van der Waals surface area contributed by atoms with Crippen LogP contribution in [0.3, 0.4) is 0 Å². The number of nitrogens with one attached hydrogen (secondary N) is 1. The largest absolute Gasteiger partial charge is 0.497 e. The first-order valence-electron chi connectivity index (χ1n) is 7.34. The molecule has 1 aromatic rings. The third-order valence-electron chi connectivity index (χ3n) is 2.98. The number of methoxy groups -OCH3 is 1. The fourth-order valence-electron chi connectivity index (χ4n) is 1.89. The highest BCUT2D eigenvalue weighted by Crippen LogP contribution is 2.19. The standard InChI is InChI=1S/C16H27NO2/c1-3-11-17-12-6-4-5-7-13-19-16-10-8-9-15(14-16)18-2/h8-10,14,17H,3-7,11-13H2,1-2H3. The van der Waals surface area contributed by atoms with Crippen molar-refractivity contribution in [3.8, 4) is 11.5 Å². The molecule has 0 saturated heterocycles. The van der Waals surface area contributed by atoms with Gasteiger partial charge in [-0.15, -0.1) is 0 Å². The van der Waals surface area contributed by atoms with E-state index in [0.717, 1.165) is 37.6 Å². The Morgan fingerprint density at radius 1 is 1.00 bits per heavy atom. The molecule has 0 aromatic heterocycles. The van der Waals surface area contributed by atoms with Crippen LogP contribution in [0.2, 0.25) is 0 Å². The molecule has 1 N–H and O–H groups in total. The van der Waals surface area contributed by atoms with E-state index in [0.29, 0.717) is 0 Å². The molecule has 0 spiro atoms. The number of hydrogen-bond donors (Lipinski definition) is 1.